The molecule has 1 amide bonds. The van der Waals surface area contributed by atoms with Crippen LogP contribution in [0.1, 0.15) is 25.0 Å². The minimum atomic E-state index is 0.179. The summed E-state index contributed by atoms with van der Waals surface area (Å²) in [5.74, 6) is 0.544. The van der Waals surface area contributed by atoms with Crippen molar-refractivity contribution in [3.63, 3.8) is 0 Å². The van der Waals surface area contributed by atoms with Gasteiger partial charge in [0.05, 0.1) is 5.52 Å². The zero-order chi connectivity index (χ0) is 17.9. The normalized spacial score (nSPS) is 19.6. The van der Waals surface area contributed by atoms with E-state index in [1.807, 2.05) is 6.07 Å². The second kappa shape index (κ2) is 7.62. The van der Waals surface area contributed by atoms with Crippen molar-refractivity contribution >= 4 is 22.5 Å². The van der Waals surface area contributed by atoms with Gasteiger partial charge in [-0.3, -0.25) is 9.78 Å². The molecule has 0 unspecified atom stereocenters. The zero-order valence-corrected chi connectivity index (χ0v) is 15.6. The first kappa shape index (κ1) is 17.3. The molecule has 5 heteroatoms. The first-order chi connectivity index (χ1) is 12.7. The molecule has 1 N–H and O–H groups in total. The van der Waals surface area contributed by atoms with Gasteiger partial charge in [0.15, 0.2) is 0 Å². The number of amides is 1. The number of anilines is 1. The van der Waals surface area contributed by atoms with E-state index in [1.165, 1.54) is 11.1 Å². The van der Waals surface area contributed by atoms with Crippen LogP contribution in [0.3, 0.4) is 0 Å². The molecular weight excluding hydrogens is 324 g/mol. The summed E-state index contributed by atoms with van der Waals surface area (Å²) in [6.07, 6.45) is 2.95. The number of nitrogens with zero attached hydrogens (tertiary/aromatic N) is 3. The van der Waals surface area contributed by atoms with Crippen molar-refractivity contribution in [1.82, 2.24) is 15.2 Å². The van der Waals surface area contributed by atoms with Gasteiger partial charge in [-0.2, -0.15) is 0 Å². The van der Waals surface area contributed by atoms with E-state index in [1.54, 1.807) is 0 Å². The smallest absolute Gasteiger partial charge is 0.225 e. The lowest BCUT2D eigenvalue weighted by Crippen LogP contribution is -2.43. The van der Waals surface area contributed by atoms with Crippen LogP contribution >= 0.6 is 0 Å². The van der Waals surface area contributed by atoms with Gasteiger partial charge in [0.1, 0.15) is 0 Å². The lowest BCUT2D eigenvalue weighted by molar-refractivity contribution is -0.136. The average Bonchev–Trinajstić information content (AvgIpc) is 2.96. The first-order valence-electron chi connectivity index (χ1n) is 9.83. The molecule has 3 heterocycles. The van der Waals surface area contributed by atoms with Crippen molar-refractivity contribution in [2.45, 2.75) is 26.2 Å². The number of carbonyl (C=O) groups is 1. The van der Waals surface area contributed by atoms with Gasteiger partial charge >= 0.3 is 0 Å². The molecule has 2 fully saturated rings. The van der Waals surface area contributed by atoms with Gasteiger partial charge in [-0.05, 0) is 44.9 Å². The Hall–Kier alpha value is -2.14. The quantitative estimate of drug-likeness (QED) is 0.902. The van der Waals surface area contributed by atoms with Crippen LogP contribution in [0.25, 0.3) is 10.9 Å². The first-order valence-corrected chi connectivity index (χ1v) is 9.83. The summed E-state index contributed by atoms with van der Waals surface area (Å²) in [5.41, 5.74) is 3.37. The number of piperidine rings is 1. The minimum absolute atomic E-state index is 0.179. The van der Waals surface area contributed by atoms with Crippen LogP contribution < -0.4 is 10.2 Å². The number of nitrogens with one attached hydrogen (secondary N) is 1. The highest BCUT2D eigenvalue weighted by molar-refractivity contribution is 5.92. The van der Waals surface area contributed by atoms with Gasteiger partial charge in [-0.15, -0.1) is 0 Å². The third-order valence-corrected chi connectivity index (χ3v) is 5.66. The summed E-state index contributed by atoms with van der Waals surface area (Å²) in [4.78, 5) is 22.0. The van der Waals surface area contributed by atoms with Gasteiger partial charge in [0, 0.05) is 55.4 Å². The lowest BCUT2D eigenvalue weighted by atomic mass is 9.94. The molecule has 1 aromatic heterocycles. The maximum atomic E-state index is 12.9. The van der Waals surface area contributed by atoms with Gasteiger partial charge < -0.3 is 15.1 Å². The van der Waals surface area contributed by atoms with Crippen molar-refractivity contribution in [2.24, 2.45) is 5.92 Å². The maximum absolute atomic E-state index is 12.9. The monoisotopic (exact) mass is 352 g/mol. The van der Waals surface area contributed by atoms with Crippen molar-refractivity contribution in [3.05, 3.63) is 36.0 Å². The SMILES string of the molecule is Cc1cc(N2CCC(C(=O)N3CCCNCC3)CC2)c2ccccc2n1. The fraction of sp³-hybridized carbons (Fsp3) is 0.524. The number of rotatable bonds is 2. The highest BCUT2D eigenvalue weighted by Crippen LogP contribution is 2.30. The largest absolute Gasteiger partial charge is 0.371 e. The summed E-state index contributed by atoms with van der Waals surface area (Å²) in [6.45, 7) is 7.64. The van der Waals surface area contributed by atoms with Gasteiger partial charge in [-0.25, -0.2) is 0 Å². The summed E-state index contributed by atoms with van der Waals surface area (Å²) < 4.78 is 0. The van der Waals surface area contributed by atoms with E-state index in [0.29, 0.717) is 5.91 Å². The standard InChI is InChI=1S/C21H28N4O/c1-16-15-20(18-5-2-3-6-19(18)23-16)24-12-7-17(8-13-24)21(26)25-11-4-9-22-10-14-25/h2-3,5-6,15,17,22H,4,7-14H2,1H3. The van der Waals surface area contributed by atoms with Gasteiger partial charge in [0.25, 0.3) is 0 Å². The van der Waals surface area contributed by atoms with Crippen LogP contribution in [0.15, 0.2) is 30.3 Å². The van der Waals surface area contributed by atoms with E-state index < -0.39 is 0 Å². The molecule has 5 nitrogen and oxygen atoms in total. The predicted octanol–water partition coefficient (Wildman–Crippen LogP) is 2.58. The molecule has 0 spiro atoms. The summed E-state index contributed by atoms with van der Waals surface area (Å²) in [7, 11) is 0. The van der Waals surface area contributed by atoms with E-state index in [9.17, 15) is 4.79 Å². The van der Waals surface area contributed by atoms with E-state index in [4.69, 9.17) is 0 Å². The van der Waals surface area contributed by atoms with Crippen LogP contribution in [-0.2, 0) is 4.79 Å². The van der Waals surface area contributed by atoms with Crippen molar-refractivity contribution in [3.8, 4) is 0 Å². The number of aryl methyl sites for hydroxylation is 1. The van der Waals surface area contributed by atoms with Crippen LogP contribution in [0.2, 0.25) is 0 Å². The molecule has 26 heavy (non-hydrogen) atoms. The number of fused-ring (bicyclic) bond motifs is 1. The molecule has 2 saturated heterocycles. The Morgan fingerprint density at radius 3 is 2.77 bits per heavy atom. The van der Waals surface area contributed by atoms with E-state index in [2.05, 4.69) is 51.3 Å². The molecule has 0 bridgehead atoms. The molecule has 0 atom stereocenters. The van der Waals surface area contributed by atoms with Crippen LogP contribution in [-0.4, -0.2) is 55.1 Å². The molecule has 2 aliphatic heterocycles. The van der Waals surface area contributed by atoms with Crippen molar-refractivity contribution in [1.29, 1.82) is 0 Å². The molecule has 4 rings (SSSR count). The maximum Gasteiger partial charge on any atom is 0.225 e. The number of aromatic nitrogens is 1. The van der Waals surface area contributed by atoms with Gasteiger partial charge in [-0.1, -0.05) is 18.2 Å². The molecule has 0 radical (unpaired) electrons. The molecule has 0 aliphatic carbocycles. The molecule has 0 saturated carbocycles. The molecule has 1 aromatic carbocycles. The number of hydrogen-bond acceptors (Lipinski definition) is 4. The fourth-order valence-corrected chi connectivity index (χ4v) is 4.24. The molecule has 138 valence electrons. The Labute approximate surface area is 155 Å². The number of benzene rings is 1. The van der Waals surface area contributed by atoms with Crippen molar-refractivity contribution in [2.75, 3.05) is 44.2 Å². The third kappa shape index (κ3) is 3.54. The summed E-state index contributed by atoms with van der Waals surface area (Å²) in [5, 5.41) is 4.59. The number of para-hydroxylation sites is 1. The Kier molecular flexibility index (Phi) is 5.07. The second-order valence-electron chi connectivity index (χ2n) is 7.49. The predicted molar refractivity (Wildman–Crippen MR) is 105 cm³/mol. The minimum Gasteiger partial charge on any atom is -0.371 e. The lowest BCUT2D eigenvalue weighted by Gasteiger charge is -2.35. The highest BCUT2D eigenvalue weighted by atomic mass is 16.2. The molecule has 2 aromatic rings. The number of carbonyl (C=O) groups excluding carboxylic acids is 1. The number of pyridine rings is 1. The van der Waals surface area contributed by atoms with E-state index >= 15 is 0 Å². The summed E-state index contributed by atoms with van der Waals surface area (Å²) >= 11 is 0. The zero-order valence-electron chi connectivity index (χ0n) is 15.6. The molecular formula is C21H28N4O. The number of hydrogen-bond donors (Lipinski definition) is 1. The average molecular weight is 352 g/mol. The van der Waals surface area contributed by atoms with Gasteiger partial charge in [0.2, 0.25) is 5.91 Å². The van der Waals surface area contributed by atoms with E-state index in [0.717, 1.165) is 69.7 Å². The van der Waals surface area contributed by atoms with Crippen LogP contribution in [0.5, 0.6) is 0 Å². The molecule has 2 aliphatic rings. The topological polar surface area (TPSA) is 48.5 Å². The van der Waals surface area contributed by atoms with Crippen molar-refractivity contribution < 1.29 is 4.79 Å². The Morgan fingerprint density at radius 2 is 1.92 bits per heavy atom. The second-order valence-corrected chi connectivity index (χ2v) is 7.49. The van der Waals surface area contributed by atoms with E-state index in [-0.39, 0.29) is 5.92 Å². The Balaban J connectivity index is 1.46. The van der Waals surface area contributed by atoms with Crippen LogP contribution in [0.4, 0.5) is 5.69 Å². The fourth-order valence-electron chi connectivity index (χ4n) is 4.24. The Bertz CT molecular complexity index is 775. The van der Waals surface area contributed by atoms with Crippen LogP contribution in [0, 0.1) is 12.8 Å². The summed E-state index contributed by atoms with van der Waals surface area (Å²) in [6, 6.07) is 10.5. The third-order valence-electron chi connectivity index (χ3n) is 5.66. The Morgan fingerprint density at radius 1 is 1.12 bits per heavy atom. The highest BCUT2D eigenvalue weighted by Gasteiger charge is 2.29.